The van der Waals surface area contributed by atoms with E-state index in [1.165, 1.54) is 5.56 Å². The maximum atomic E-state index is 3.93. The lowest BCUT2D eigenvalue weighted by atomic mass is 10.1. The van der Waals surface area contributed by atoms with Crippen LogP contribution in [0.5, 0.6) is 0 Å². The van der Waals surface area contributed by atoms with Crippen molar-refractivity contribution in [1.29, 1.82) is 0 Å². The molecule has 1 rings (SSSR count). The van der Waals surface area contributed by atoms with Crippen molar-refractivity contribution in [2.24, 2.45) is 0 Å². The van der Waals surface area contributed by atoms with Gasteiger partial charge in [-0.25, -0.2) is 0 Å². The van der Waals surface area contributed by atoms with Gasteiger partial charge < -0.3 is 5.32 Å². The monoisotopic (exact) mass is 187 g/mol. The molecule has 0 aliphatic rings. The Bertz CT molecular complexity index is 311. The third-order valence-corrected chi connectivity index (χ3v) is 2.20. The maximum Gasteiger partial charge on any atom is 0.0400 e. The summed E-state index contributed by atoms with van der Waals surface area (Å²) in [6.07, 6.45) is 0.945. The highest BCUT2D eigenvalue weighted by Crippen LogP contribution is 2.07. The van der Waals surface area contributed by atoms with Crippen LogP contribution in [0, 0.1) is 0 Å². The lowest BCUT2D eigenvalue weighted by Crippen LogP contribution is -2.12. The highest BCUT2D eigenvalue weighted by Gasteiger charge is 1.96. The van der Waals surface area contributed by atoms with Crippen molar-refractivity contribution in [3.05, 3.63) is 60.3 Å². The predicted octanol–water partition coefficient (Wildman–Crippen LogP) is 3.26. The Morgan fingerprint density at radius 1 is 1.21 bits per heavy atom. The van der Waals surface area contributed by atoms with E-state index in [1.54, 1.807) is 0 Å². The second-order valence-electron chi connectivity index (χ2n) is 3.27. The van der Waals surface area contributed by atoms with Gasteiger partial charge in [0.05, 0.1) is 0 Å². The van der Waals surface area contributed by atoms with Crippen LogP contribution in [0.25, 0.3) is 0 Å². The van der Waals surface area contributed by atoms with E-state index in [1.807, 2.05) is 18.2 Å². The van der Waals surface area contributed by atoms with Crippen LogP contribution < -0.4 is 5.32 Å². The zero-order valence-corrected chi connectivity index (χ0v) is 8.72. The molecule has 0 aliphatic carbocycles. The molecule has 0 heterocycles. The van der Waals surface area contributed by atoms with Gasteiger partial charge in [0, 0.05) is 12.2 Å². The van der Waals surface area contributed by atoms with Crippen molar-refractivity contribution >= 4 is 0 Å². The van der Waals surface area contributed by atoms with E-state index in [-0.39, 0.29) is 0 Å². The fraction of sp³-hybridized carbons (Fsp3) is 0.231. The Balaban J connectivity index is 2.42. The third kappa shape index (κ3) is 3.09. The van der Waals surface area contributed by atoms with Gasteiger partial charge in [-0.1, -0.05) is 50.4 Å². The first-order chi connectivity index (χ1) is 6.74. The fourth-order valence-corrected chi connectivity index (χ4v) is 1.14. The molecule has 74 valence electrons. The van der Waals surface area contributed by atoms with E-state index < -0.39 is 0 Å². The molecule has 1 nitrogen and oxygen atoms in total. The molecule has 0 aliphatic heterocycles. The van der Waals surface area contributed by atoms with Crippen molar-refractivity contribution < 1.29 is 0 Å². The molecular weight excluding hydrogens is 170 g/mol. The van der Waals surface area contributed by atoms with Crippen molar-refractivity contribution in [3.8, 4) is 0 Å². The van der Waals surface area contributed by atoms with E-state index in [0.717, 1.165) is 24.2 Å². The molecule has 0 amide bonds. The number of benzene rings is 1. The molecule has 0 radical (unpaired) electrons. The lowest BCUT2D eigenvalue weighted by molar-refractivity contribution is 0.812. The zero-order valence-electron chi connectivity index (χ0n) is 8.72. The van der Waals surface area contributed by atoms with Gasteiger partial charge >= 0.3 is 0 Å². The van der Waals surface area contributed by atoms with E-state index in [2.05, 4.69) is 37.5 Å². The fourth-order valence-electron chi connectivity index (χ4n) is 1.14. The normalized spacial score (nSPS) is 9.50. The summed E-state index contributed by atoms with van der Waals surface area (Å²) in [7, 11) is 0. The quantitative estimate of drug-likeness (QED) is 0.698. The average Bonchev–Trinajstić information content (AvgIpc) is 2.26. The van der Waals surface area contributed by atoms with Crippen LogP contribution >= 0.6 is 0 Å². The smallest absolute Gasteiger partial charge is 0.0400 e. The SMILES string of the molecule is C=C(CC)C(=C)NCc1ccccc1. The summed E-state index contributed by atoms with van der Waals surface area (Å²) < 4.78 is 0. The molecule has 0 aromatic heterocycles. The van der Waals surface area contributed by atoms with Crippen LogP contribution in [0.4, 0.5) is 0 Å². The number of rotatable bonds is 5. The van der Waals surface area contributed by atoms with Crippen molar-refractivity contribution in [3.63, 3.8) is 0 Å². The summed E-state index contributed by atoms with van der Waals surface area (Å²) in [6, 6.07) is 10.3. The summed E-state index contributed by atoms with van der Waals surface area (Å²) in [5, 5.41) is 3.26. The number of allylic oxidation sites excluding steroid dienone is 1. The van der Waals surface area contributed by atoms with E-state index >= 15 is 0 Å². The molecule has 0 saturated heterocycles. The van der Waals surface area contributed by atoms with E-state index in [9.17, 15) is 0 Å². The molecule has 0 fully saturated rings. The predicted molar refractivity (Wildman–Crippen MR) is 61.9 cm³/mol. The Kier molecular flexibility index (Phi) is 3.99. The van der Waals surface area contributed by atoms with Gasteiger partial charge in [0.25, 0.3) is 0 Å². The number of hydrogen-bond donors (Lipinski definition) is 1. The van der Waals surface area contributed by atoms with Gasteiger partial charge in [-0.2, -0.15) is 0 Å². The van der Waals surface area contributed by atoms with Crippen LogP contribution in [0.15, 0.2) is 54.8 Å². The molecule has 0 saturated carbocycles. The van der Waals surface area contributed by atoms with Gasteiger partial charge in [0.15, 0.2) is 0 Å². The number of hydrogen-bond acceptors (Lipinski definition) is 1. The number of nitrogens with one attached hydrogen (secondary N) is 1. The molecule has 14 heavy (non-hydrogen) atoms. The zero-order chi connectivity index (χ0) is 10.4. The largest absolute Gasteiger partial charge is 0.381 e. The van der Waals surface area contributed by atoms with E-state index in [4.69, 9.17) is 0 Å². The van der Waals surface area contributed by atoms with Crippen LogP contribution in [0.1, 0.15) is 18.9 Å². The molecule has 1 aromatic carbocycles. The van der Waals surface area contributed by atoms with Crippen molar-refractivity contribution in [2.75, 3.05) is 0 Å². The summed E-state index contributed by atoms with van der Waals surface area (Å²) >= 11 is 0. The molecular formula is C13H17N. The molecule has 0 spiro atoms. The molecule has 0 bridgehead atoms. The first-order valence-electron chi connectivity index (χ1n) is 4.89. The Hall–Kier alpha value is -1.50. The van der Waals surface area contributed by atoms with Crippen LogP contribution in [-0.4, -0.2) is 0 Å². The summed E-state index contributed by atoms with van der Waals surface area (Å²) in [4.78, 5) is 0. The minimum atomic E-state index is 0.818. The second-order valence-corrected chi connectivity index (χ2v) is 3.27. The van der Waals surface area contributed by atoms with Crippen molar-refractivity contribution in [1.82, 2.24) is 5.32 Å². The molecule has 0 unspecified atom stereocenters. The Labute approximate surface area is 86.2 Å². The Morgan fingerprint density at radius 2 is 1.86 bits per heavy atom. The minimum Gasteiger partial charge on any atom is -0.381 e. The third-order valence-electron chi connectivity index (χ3n) is 2.20. The molecule has 1 heteroatoms. The standard InChI is InChI=1S/C13H17N/c1-4-11(2)12(3)14-10-13-8-6-5-7-9-13/h5-9,14H,2-4,10H2,1H3. The molecule has 1 N–H and O–H groups in total. The van der Waals surface area contributed by atoms with E-state index in [0.29, 0.717) is 0 Å². The van der Waals surface area contributed by atoms with Crippen molar-refractivity contribution in [2.45, 2.75) is 19.9 Å². The highest BCUT2D eigenvalue weighted by molar-refractivity contribution is 5.24. The average molecular weight is 187 g/mol. The Morgan fingerprint density at radius 3 is 2.43 bits per heavy atom. The van der Waals surface area contributed by atoms with Crippen LogP contribution in [-0.2, 0) is 6.54 Å². The highest BCUT2D eigenvalue weighted by atomic mass is 14.9. The maximum absolute atomic E-state index is 3.93. The van der Waals surface area contributed by atoms with Gasteiger partial charge in [0.1, 0.15) is 0 Å². The molecule has 0 atom stereocenters. The van der Waals surface area contributed by atoms with Gasteiger partial charge in [0.2, 0.25) is 0 Å². The van der Waals surface area contributed by atoms with Gasteiger partial charge in [-0.05, 0) is 17.6 Å². The summed E-state index contributed by atoms with van der Waals surface area (Å²) in [6.45, 7) is 10.8. The topological polar surface area (TPSA) is 12.0 Å². The lowest BCUT2D eigenvalue weighted by Gasteiger charge is -2.10. The van der Waals surface area contributed by atoms with Crippen LogP contribution in [0.3, 0.4) is 0 Å². The molecule has 1 aromatic rings. The van der Waals surface area contributed by atoms with Gasteiger partial charge in [-0.15, -0.1) is 0 Å². The summed E-state index contributed by atoms with van der Waals surface area (Å²) in [5.41, 5.74) is 3.27. The second kappa shape index (κ2) is 5.28. The summed E-state index contributed by atoms with van der Waals surface area (Å²) in [5.74, 6) is 0. The van der Waals surface area contributed by atoms with Gasteiger partial charge in [-0.3, -0.25) is 0 Å². The first-order valence-corrected chi connectivity index (χ1v) is 4.89. The minimum absolute atomic E-state index is 0.818. The first kappa shape index (κ1) is 10.6. The van der Waals surface area contributed by atoms with Crippen LogP contribution in [0.2, 0.25) is 0 Å².